The quantitative estimate of drug-likeness (QED) is 0.632. The summed E-state index contributed by atoms with van der Waals surface area (Å²) in [6.07, 6.45) is 2.16. The van der Waals surface area contributed by atoms with E-state index in [1.807, 2.05) is 11.8 Å². The highest BCUT2D eigenvalue weighted by Crippen LogP contribution is 2.46. The van der Waals surface area contributed by atoms with Crippen LogP contribution in [0.4, 0.5) is 0 Å². The second-order valence-electron chi connectivity index (χ2n) is 5.75. The van der Waals surface area contributed by atoms with Gasteiger partial charge in [-0.3, -0.25) is 9.59 Å². The van der Waals surface area contributed by atoms with Crippen molar-refractivity contribution in [1.29, 1.82) is 0 Å². The monoisotopic (exact) mass is 302 g/mol. The maximum absolute atomic E-state index is 12.2. The molecule has 2 aliphatic heterocycles. The number of esters is 1. The van der Waals surface area contributed by atoms with Crippen LogP contribution < -0.4 is 0 Å². The molecule has 20 heavy (non-hydrogen) atoms. The van der Waals surface area contributed by atoms with E-state index in [2.05, 4.69) is 0 Å². The summed E-state index contributed by atoms with van der Waals surface area (Å²) in [6, 6.07) is 0. The van der Waals surface area contributed by atoms with Crippen LogP contribution in [-0.2, 0) is 19.1 Å². The average Bonchev–Trinajstić information content (AvgIpc) is 2.85. The highest BCUT2D eigenvalue weighted by molar-refractivity contribution is 7.99. The molecule has 0 aromatic carbocycles. The zero-order valence-electron chi connectivity index (χ0n) is 12.0. The van der Waals surface area contributed by atoms with Gasteiger partial charge in [0.15, 0.2) is 5.41 Å². The summed E-state index contributed by atoms with van der Waals surface area (Å²) in [5, 5.41) is 9.57. The van der Waals surface area contributed by atoms with Gasteiger partial charge in [0.25, 0.3) is 0 Å². The molecule has 0 aliphatic carbocycles. The van der Waals surface area contributed by atoms with Gasteiger partial charge in [-0.05, 0) is 44.8 Å². The largest absolute Gasteiger partial charge is 0.480 e. The van der Waals surface area contributed by atoms with Gasteiger partial charge in [-0.25, -0.2) is 0 Å². The number of hydrogen-bond donors (Lipinski definition) is 1. The Kier molecular flexibility index (Phi) is 4.64. The lowest BCUT2D eigenvalue weighted by Gasteiger charge is -2.42. The Bertz CT molecular complexity index is 391. The first-order valence-electron chi connectivity index (χ1n) is 7.07. The summed E-state index contributed by atoms with van der Waals surface area (Å²) in [5.74, 6) is -0.0202. The summed E-state index contributed by atoms with van der Waals surface area (Å²) in [5.41, 5.74) is -1.71. The zero-order chi connectivity index (χ0) is 14.8. The van der Waals surface area contributed by atoms with Crippen molar-refractivity contribution in [1.82, 2.24) is 0 Å². The number of hydrogen-bond acceptors (Lipinski definition) is 5. The number of carbonyl (C=O) groups is 2. The Morgan fingerprint density at radius 2 is 2.30 bits per heavy atom. The molecule has 0 aromatic heterocycles. The Balaban J connectivity index is 2.20. The van der Waals surface area contributed by atoms with E-state index in [1.165, 1.54) is 6.92 Å². The van der Waals surface area contributed by atoms with Gasteiger partial charge in [-0.1, -0.05) is 0 Å². The first kappa shape index (κ1) is 15.6. The van der Waals surface area contributed by atoms with E-state index in [0.29, 0.717) is 19.4 Å². The normalized spacial score (nSPS) is 32.8. The molecule has 0 amide bonds. The number of carboxylic acids is 1. The number of rotatable bonds is 4. The molecule has 5 nitrogen and oxygen atoms in total. The third kappa shape index (κ3) is 2.68. The standard InChI is InChI=1S/C14H22O5S/c1-3-18-12(17)13(2,11(15)16)10-4-6-19-14(8-10)5-7-20-9-14/h10H,3-9H2,1-2H3,(H,15,16). The van der Waals surface area contributed by atoms with Crippen LogP contribution in [0.5, 0.6) is 0 Å². The molecule has 2 aliphatic rings. The number of ether oxygens (including phenoxy) is 2. The van der Waals surface area contributed by atoms with Gasteiger partial charge >= 0.3 is 11.9 Å². The van der Waals surface area contributed by atoms with Crippen molar-refractivity contribution in [2.45, 2.75) is 38.7 Å². The molecule has 2 rings (SSSR count). The molecule has 0 saturated carbocycles. The van der Waals surface area contributed by atoms with Gasteiger partial charge in [0.2, 0.25) is 0 Å². The molecular weight excluding hydrogens is 280 g/mol. The number of aliphatic carboxylic acids is 1. The van der Waals surface area contributed by atoms with Crippen LogP contribution in [0.1, 0.15) is 33.1 Å². The minimum Gasteiger partial charge on any atom is -0.480 e. The molecule has 2 fully saturated rings. The highest BCUT2D eigenvalue weighted by Gasteiger charge is 2.54. The Hall–Kier alpha value is -0.750. The minimum atomic E-state index is -1.47. The Morgan fingerprint density at radius 1 is 1.55 bits per heavy atom. The zero-order valence-corrected chi connectivity index (χ0v) is 12.8. The van der Waals surface area contributed by atoms with Crippen molar-refractivity contribution in [2.75, 3.05) is 24.7 Å². The summed E-state index contributed by atoms with van der Waals surface area (Å²) in [6.45, 7) is 3.91. The first-order valence-corrected chi connectivity index (χ1v) is 8.22. The van der Waals surface area contributed by atoms with E-state index in [-0.39, 0.29) is 18.1 Å². The summed E-state index contributed by atoms with van der Waals surface area (Å²) < 4.78 is 10.9. The van der Waals surface area contributed by atoms with E-state index in [4.69, 9.17) is 9.47 Å². The maximum Gasteiger partial charge on any atom is 0.323 e. The van der Waals surface area contributed by atoms with Crippen molar-refractivity contribution in [3.05, 3.63) is 0 Å². The van der Waals surface area contributed by atoms with Crippen molar-refractivity contribution in [3.8, 4) is 0 Å². The van der Waals surface area contributed by atoms with Crippen LogP contribution in [-0.4, -0.2) is 47.4 Å². The fourth-order valence-corrected chi connectivity index (χ4v) is 4.47. The van der Waals surface area contributed by atoms with Gasteiger partial charge in [0, 0.05) is 12.4 Å². The molecule has 6 heteroatoms. The van der Waals surface area contributed by atoms with E-state index in [9.17, 15) is 14.7 Å². The van der Waals surface area contributed by atoms with Gasteiger partial charge < -0.3 is 14.6 Å². The van der Waals surface area contributed by atoms with E-state index >= 15 is 0 Å². The maximum atomic E-state index is 12.2. The minimum absolute atomic E-state index is 0.200. The van der Waals surface area contributed by atoms with Gasteiger partial charge in [0.1, 0.15) is 0 Å². The van der Waals surface area contributed by atoms with Crippen molar-refractivity contribution in [2.24, 2.45) is 11.3 Å². The van der Waals surface area contributed by atoms with Gasteiger partial charge in [-0.15, -0.1) is 0 Å². The molecule has 0 aromatic rings. The fourth-order valence-electron chi connectivity index (χ4n) is 3.09. The van der Waals surface area contributed by atoms with E-state index < -0.39 is 17.4 Å². The summed E-state index contributed by atoms with van der Waals surface area (Å²) in [7, 11) is 0. The molecular formula is C14H22O5S. The van der Waals surface area contributed by atoms with Crippen molar-refractivity contribution < 1.29 is 24.2 Å². The fraction of sp³-hybridized carbons (Fsp3) is 0.857. The molecule has 3 unspecified atom stereocenters. The number of thioether (sulfide) groups is 1. The second-order valence-corrected chi connectivity index (χ2v) is 6.86. The molecule has 2 saturated heterocycles. The molecule has 1 N–H and O–H groups in total. The highest BCUT2D eigenvalue weighted by atomic mass is 32.2. The van der Waals surface area contributed by atoms with Crippen LogP contribution >= 0.6 is 11.8 Å². The Morgan fingerprint density at radius 3 is 2.85 bits per heavy atom. The van der Waals surface area contributed by atoms with Crippen LogP contribution in [0.25, 0.3) is 0 Å². The molecule has 0 radical (unpaired) electrons. The predicted molar refractivity (Wildman–Crippen MR) is 75.7 cm³/mol. The molecule has 1 spiro atoms. The SMILES string of the molecule is CCOC(=O)C(C)(C(=O)O)C1CCOC2(CCSC2)C1. The molecule has 114 valence electrons. The topological polar surface area (TPSA) is 72.8 Å². The lowest BCUT2D eigenvalue weighted by Crippen LogP contribution is -2.51. The molecule has 3 atom stereocenters. The third-order valence-electron chi connectivity index (χ3n) is 4.52. The van der Waals surface area contributed by atoms with Gasteiger partial charge in [0.05, 0.1) is 12.2 Å². The van der Waals surface area contributed by atoms with E-state index in [1.54, 1.807) is 6.92 Å². The predicted octanol–water partition coefficient (Wildman–Crippen LogP) is 1.94. The second kappa shape index (κ2) is 5.93. The lowest BCUT2D eigenvalue weighted by atomic mass is 9.69. The molecule has 2 heterocycles. The first-order chi connectivity index (χ1) is 9.44. The summed E-state index contributed by atoms with van der Waals surface area (Å²) in [4.78, 5) is 23.9. The van der Waals surface area contributed by atoms with Crippen LogP contribution in [0.2, 0.25) is 0 Å². The van der Waals surface area contributed by atoms with Crippen LogP contribution in [0.3, 0.4) is 0 Å². The third-order valence-corrected chi connectivity index (χ3v) is 5.74. The number of carbonyl (C=O) groups excluding carboxylic acids is 1. The van der Waals surface area contributed by atoms with Crippen molar-refractivity contribution >= 4 is 23.7 Å². The van der Waals surface area contributed by atoms with Crippen LogP contribution in [0.15, 0.2) is 0 Å². The molecule has 0 bridgehead atoms. The summed E-state index contributed by atoms with van der Waals surface area (Å²) >= 11 is 1.83. The van der Waals surface area contributed by atoms with E-state index in [0.717, 1.165) is 17.9 Å². The van der Waals surface area contributed by atoms with Crippen molar-refractivity contribution in [3.63, 3.8) is 0 Å². The smallest absolute Gasteiger partial charge is 0.323 e. The average molecular weight is 302 g/mol. The van der Waals surface area contributed by atoms with Crippen LogP contribution in [0, 0.1) is 11.3 Å². The van der Waals surface area contributed by atoms with Gasteiger partial charge in [-0.2, -0.15) is 11.8 Å². The lowest BCUT2D eigenvalue weighted by molar-refractivity contribution is -0.179. The Labute approximate surface area is 123 Å². The number of carboxylic acid groups (broad SMARTS) is 1.